The number of aromatic nitrogens is 2. The molecule has 0 aliphatic rings. The van der Waals surface area contributed by atoms with Crippen LogP contribution in [0.25, 0.3) is 5.65 Å². The number of aryl methyl sites for hydroxylation is 1. The third-order valence-electron chi connectivity index (χ3n) is 4.94. The normalized spacial score (nSPS) is 11.4. The van der Waals surface area contributed by atoms with Crippen LogP contribution in [0.2, 0.25) is 0 Å². The maximum absolute atomic E-state index is 12.3. The van der Waals surface area contributed by atoms with Gasteiger partial charge in [0, 0.05) is 23.9 Å². The number of ether oxygens (including phenoxy) is 1. The fraction of sp³-hybridized carbons (Fsp3) is 0.333. The van der Waals surface area contributed by atoms with Crippen LogP contribution < -0.4 is 10.9 Å². The summed E-state index contributed by atoms with van der Waals surface area (Å²) in [5.41, 5.74) is 3.14. The molecule has 2 aromatic heterocycles. The Bertz CT molecular complexity index is 1160. The van der Waals surface area contributed by atoms with E-state index in [2.05, 4.69) is 31.1 Å². The molecule has 0 aliphatic carbocycles. The number of hydrogen-bond donors (Lipinski definition) is 1. The Labute approximate surface area is 181 Å². The lowest BCUT2D eigenvalue weighted by molar-refractivity contribution is -0.144. The van der Waals surface area contributed by atoms with E-state index in [0.29, 0.717) is 16.9 Å². The van der Waals surface area contributed by atoms with Crippen molar-refractivity contribution in [1.29, 1.82) is 0 Å². The second-order valence-corrected chi connectivity index (χ2v) is 8.44. The number of nitrogens with zero attached hydrogens (tertiary/aromatic N) is 2. The van der Waals surface area contributed by atoms with Crippen LogP contribution in [0.15, 0.2) is 53.3 Å². The van der Waals surface area contributed by atoms with E-state index in [0.717, 1.165) is 11.3 Å². The van der Waals surface area contributed by atoms with Gasteiger partial charge in [-0.25, -0.2) is 4.98 Å². The first-order valence-electron chi connectivity index (χ1n) is 10.2. The Morgan fingerprint density at radius 2 is 1.81 bits per heavy atom. The number of pyridine rings is 1. The molecule has 0 bridgehead atoms. The maximum atomic E-state index is 12.3. The first kappa shape index (κ1) is 22.2. The molecule has 3 rings (SSSR count). The number of carbonyl (C=O) groups excluding carboxylic acids is 2. The lowest BCUT2D eigenvalue weighted by Crippen LogP contribution is -2.26. The summed E-state index contributed by atoms with van der Waals surface area (Å²) in [6.45, 7) is 8.21. The zero-order chi connectivity index (χ0) is 22.6. The van der Waals surface area contributed by atoms with E-state index in [1.165, 1.54) is 10.5 Å². The highest BCUT2D eigenvalue weighted by Crippen LogP contribution is 2.22. The molecule has 1 amide bonds. The van der Waals surface area contributed by atoms with Crippen molar-refractivity contribution in [2.24, 2.45) is 0 Å². The molecule has 0 atom stereocenters. The standard InChI is InChI=1S/C24H27N3O4/c1-16-6-5-7-20-26-19(14-21(28)27(16)20)15-31-22(29)12-13-25-23(30)17-8-10-18(11-9-17)24(2,3)4/h5-11,14H,12-13,15H2,1-4H3,(H,25,30). The van der Waals surface area contributed by atoms with Gasteiger partial charge in [0.2, 0.25) is 0 Å². The van der Waals surface area contributed by atoms with Gasteiger partial charge in [0.15, 0.2) is 0 Å². The molecule has 0 fully saturated rings. The molecular weight excluding hydrogens is 394 g/mol. The number of esters is 1. The number of benzene rings is 1. The maximum Gasteiger partial charge on any atom is 0.307 e. The number of fused-ring (bicyclic) bond motifs is 1. The highest BCUT2D eigenvalue weighted by molar-refractivity contribution is 5.94. The third kappa shape index (κ3) is 5.57. The molecule has 7 nitrogen and oxygen atoms in total. The summed E-state index contributed by atoms with van der Waals surface area (Å²) in [4.78, 5) is 40.9. The lowest BCUT2D eigenvalue weighted by atomic mass is 9.87. The largest absolute Gasteiger partial charge is 0.459 e. The van der Waals surface area contributed by atoms with Crippen molar-refractivity contribution in [3.63, 3.8) is 0 Å². The molecule has 7 heteroatoms. The first-order valence-corrected chi connectivity index (χ1v) is 10.2. The highest BCUT2D eigenvalue weighted by atomic mass is 16.5. The van der Waals surface area contributed by atoms with Crippen molar-refractivity contribution < 1.29 is 14.3 Å². The monoisotopic (exact) mass is 421 g/mol. The SMILES string of the molecule is Cc1cccc2nc(COC(=O)CCNC(=O)c3ccc(C(C)(C)C)cc3)cc(=O)n12. The van der Waals surface area contributed by atoms with Crippen molar-refractivity contribution in [1.82, 2.24) is 14.7 Å². The number of rotatable bonds is 6. The molecule has 1 N–H and O–H groups in total. The van der Waals surface area contributed by atoms with E-state index in [-0.39, 0.29) is 36.5 Å². The summed E-state index contributed by atoms with van der Waals surface area (Å²) in [6.07, 6.45) is 0.0253. The fourth-order valence-corrected chi connectivity index (χ4v) is 3.17. The minimum Gasteiger partial charge on any atom is -0.459 e. The molecule has 1 aromatic carbocycles. The topological polar surface area (TPSA) is 89.8 Å². The van der Waals surface area contributed by atoms with Crippen molar-refractivity contribution in [2.75, 3.05) is 6.54 Å². The summed E-state index contributed by atoms with van der Waals surface area (Å²) < 4.78 is 6.70. The van der Waals surface area contributed by atoms with Crippen LogP contribution in [0.5, 0.6) is 0 Å². The number of hydrogen-bond acceptors (Lipinski definition) is 5. The molecule has 0 aliphatic heterocycles. The molecule has 0 spiro atoms. The van der Waals surface area contributed by atoms with E-state index in [4.69, 9.17) is 4.74 Å². The van der Waals surface area contributed by atoms with Gasteiger partial charge in [-0.2, -0.15) is 0 Å². The van der Waals surface area contributed by atoms with Gasteiger partial charge in [-0.05, 0) is 42.2 Å². The molecule has 0 radical (unpaired) electrons. The van der Waals surface area contributed by atoms with Crippen LogP contribution in [0.1, 0.15) is 54.5 Å². The first-order chi connectivity index (χ1) is 14.6. The van der Waals surface area contributed by atoms with Crippen LogP contribution >= 0.6 is 0 Å². The number of amides is 1. The average Bonchev–Trinajstić information content (AvgIpc) is 2.71. The Balaban J connectivity index is 1.49. The van der Waals surface area contributed by atoms with Gasteiger partial charge >= 0.3 is 5.97 Å². The van der Waals surface area contributed by atoms with Crippen molar-refractivity contribution in [2.45, 2.75) is 46.1 Å². The van der Waals surface area contributed by atoms with Crippen LogP contribution in [-0.4, -0.2) is 27.8 Å². The van der Waals surface area contributed by atoms with Gasteiger partial charge < -0.3 is 10.1 Å². The van der Waals surface area contributed by atoms with Gasteiger partial charge in [0.05, 0.1) is 12.1 Å². The van der Waals surface area contributed by atoms with Gasteiger partial charge in [-0.1, -0.05) is 39.0 Å². The van der Waals surface area contributed by atoms with E-state index in [1.807, 2.05) is 31.2 Å². The minimum absolute atomic E-state index is 0.0169. The molecule has 0 saturated heterocycles. The fourth-order valence-electron chi connectivity index (χ4n) is 3.17. The van der Waals surface area contributed by atoms with Crippen molar-refractivity contribution in [3.05, 3.63) is 81.4 Å². The molecule has 0 saturated carbocycles. The Morgan fingerprint density at radius 3 is 2.48 bits per heavy atom. The molecule has 162 valence electrons. The molecule has 3 aromatic rings. The molecule has 2 heterocycles. The predicted molar refractivity (Wildman–Crippen MR) is 118 cm³/mol. The van der Waals surface area contributed by atoms with Crippen LogP contribution in [0.3, 0.4) is 0 Å². The quantitative estimate of drug-likeness (QED) is 0.618. The highest BCUT2D eigenvalue weighted by Gasteiger charge is 2.14. The second-order valence-electron chi connectivity index (χ2n) is 8.44. The third-order valence-corrected chi connectivity index (χ3v) is 4.94. The summed E-state index contributed by atoms with van der Waals surface area (Å²) in [5, 5.41) is 2.72. The molecule has 31 heavy (non-hydrogen) atoms. The van der Waals surface area contributed by atoms with E-state index in [1.54, 1.807) is 18.2 Å². The van der Waals surface area contributed by atoms with Crippen LogP contribution in [0, 0.1) is 6.92 Å². The smallest absolute Gasteiger partial charge is 0.307 e. The predicted octanol–water partition coefficient (Wildman–Crippen LogP) is 3.16. The van der Waals surface area contributed by atoms with E-state index in [9.17, 15) is 14.4 Å². The average molecular weight is 421 g/mol. The second kappa shape index (κ2) is 9.12. The Kier molecular flexibility index (Phi) is 6.53. The summed E-state index contributed by atoms with van der Waals surface area (Å²) in [6, 6.07) is 14.1. The summed E-state index contributed by atoms with van der Waals surface area (Å²) in [7, 11) is 0. The molecular formula is C24H27N3O4. The van der Waals surface area contributed by atoms with E-state index >= 15 is 0 Å². The minimum atomic E-state index is -0.477. The number of carbonyl (C=O) groups is 2. The van der Waals surface area contributed by atoms with Crippen LogP contribution in [0.4, 0.5) is 0 Å². The van der Waals surface area contributed by atoms with Crippen LogP contribution in [-0.2, 0) is 21.6 Å². The zero-order valence-electron chi connectivity index (χ0n) is 18.3. The van der Waals surface area contributed by atoms with Gasteiger partial charge in [0.25, 0.3) is 11.5 Å². The summed E-state index contributed by atoms with van der Waals surface area (Å²) >= 11 is 0. The van der Waals surface area contributed by atoms with Crippen molar-refractivity contribution >= 4 is 17.5 Å². The van der Waals surface area contributed by atoms with Gasteiger partial charge in [-0.3, -0.25) is 18.8 Å². The van der Waals surface area contributed by atoms with Gasteiger partial charge in [0.1, 0.15) is 12.3 Å². The summed E-state index contributed by atoms with van der Waals surface area (Å²) in [5.74, 6) is -0.720. The zero-order valence-corrected chi connectivity index (χ0v) is 18.3. The van der Waals surface area contributed by atoms with E-state index < -0.39 is 5.97 Å². The lowest BCUT2D eigenvalue weighted by Gasteiger charge is -2.19. The Hall–Kier alpha value is -3.48. The Morgan fingerprint density at radius 1 is 1.10 bits per heavy atom. The van der Waals surface area contributed by atoms with Gasteiger partial charge in [-0.15, -0.1) is 0 Å². The number of nitrogens with one attached hydrogen (secondary N) is 1. The molecule has 0 unspecified atom stereocenters. The van der Waals surface area contributed by atoms with Crippen molar-refractivity contribution in [3.8, 4) is 0 Å².